The first-order valence-electron chi connectivity index (χ1n) is 11.1. The number of esters is 2. The number of hydrogen-bond donors (Lipinski definition) is 0. The molecule has 0 radical (unpaired) electrons. The highest BCUT2D eigenvalue weighted by Crippen LogP contribution is 2.43. The Morgan fingerprint density at radius 2 is 1.97 bits per heavy atom. The van der Waals surface area contributed by atoms with Crippen LogP contribution in [0.5, 0.6) is 11.5 Å². The molecular formula is C25H35NO7. The van der Waals surface area contributed by atoms with E-state index < -0.39 is 5.97 Å². The van der Waals surface area contributed by atoms with Gasteiger partial charge in [0, 0.05) is 30.0 Å². The predicted octanol–water partition coefficient (Wildman–Crippen LogP) is 3.26. The molecule has 0 saturated carbocycles. The van der Waals surface area contributed by atoms with Crippen LogP contribution in [-0.2, 0) is 32.1 Å². The highest BCUT2D eigenvalue weighted by atomic mass is 16.5. The molecule has 0 aliphatic carbocycles. The normalized spacial score (nSPS) is 14.0. The maximum absolute atomic E-state index is 12.5. The van der Waals surface area contributed by atoms with Crippen LogP contribution in [0, 0.1) is 12.8 Å². The standard InChI is InChI=1S/C25H35NO7/c1-16(8-10-21(28)31-12-11-26(4)5)7-9-19-23(30-6)18(3)20-15-33-25(29)22(20)24(19)32-14-17(2)13-27/h7,13,17H,8-12,14-15H2,1-6H3/b16-7+. The molecule has 2 rings (SSSR count). The molecule has 1 aromatic rings. The molecule has 8 heteroatoms. The number of cyclic esters (lactones) is 1. The van der Waals surface area contributed by atoms with Gasteiger partial charge in [-0.1, -0.05) is 18.6 Å². The molecule has 0 aromatic heterocycles. The van der Waals surface area contributed by atoms with Crippen molar-refractivity contribution in [2.75, 3.05) is 41.0 Å². The fraction of sp³-hybridized carbons (Fsp3) is 0.560. The van der Waals surface area contributed by atoms with Crippen LogP contribution in [0.15, 0.2) is 11.6 Å². The van der Waals surface area contributed by atoms with E-state index in [1.807, 2.05) is 38.9 Å². The van der Waals surface area contributed by atoms with Crippen LogP contribution in [0.4, 0.5) is 0 Å². The molecule has 1 aliphatic rings. The summed E-state index contributed by atoms with van der Waals surface area (Å²) < 4.78 is 22.1. The van der Waals surface area contributed by atoms with Crippen LogP contribution in [0.2, 0.25) is 0 Å². The Labute approximate surface area is 195 Å². The number of fused-ring (bicyclic) bond motifs is 1. The highest BCUT2D eigenvalue weighted by molar-refractivity contribution is 5.98. The first kappa shape index (κ1) is 26.4. The first-order chi connectivity index (χ1) is 15.7. The minimum Gasteiger partial charge on any atom is -0.496 e. The molecule has 1 aliphatic heterocycles. The molecule has 1 atom stereocenters. The lowest BCUT2D eigenvalue weighted by atomic mass is 9.94. The topological polar surface area (TPSA) is 91.4 Å². The zero-order valence-corrected chi connectivity index (χ0v) is 20.5. The van der Waals surface area contributed by atoms with E-state index in [-0.39, 0.29) is 25.1 Å². The van der Waals surface area contributed by atoms with Gasteiger partial charge in [0.25, 0.3) is 0 Å². The minimum absolute atomic E-state index is 0.143. The number of benzene rings is 1. The van der Waals surface area contributed by atoms with E-state index in [2.05, 4.69) is 0 Å². The maximum atomic E-state index is 12.5. The molecular weight excluding hydrogens is 426 g/mol. The summed E-state index contributed by atoms with van der Waals surface area (Å²) in [6.45, 7) is 6.95. The molecule has 0 N–H and O–H groups in total. The van der Waals surface area contributed by atoms with Gasteiger partial charge >= 0.3 is 11.9 Å². The lowest BCUT2D eigenvalue weighted by Gasteiger charge is -2.20. The first-order valence-corrected chi connectivity index (χ1v) is 11.1. The van der Waals surface area contributed by atoms with Crippen molar-refractivity contribution in [1.82, 2.24) is 4.90 Å². The maximum Gasteiger partial charge on any atom is 0.342 e. The Bertz CT molecular complexity index is 905. The van der Waals surface area contributed by atoms with Gasteiger partial charge in [0.1, 0.15) is 36.6 Å². The van der Waals surface area contributed by atoms with Crippen molar-refractivity contribution < 1.29 is 33.3 Å². The quantitative estimate of drug-likeness (QED) is 0.251. The molecule has 182 valence electrons. The van der Waals surface area contributed by atoms with Crippen molar-refractivity contribution in [3.8, 4) is 11.5 Å². The van der Waals surface area contributed by atoms with Gasteiger partial charge in [-0.3, -0.25) is 4.79 Å². The van der Waals surface area contributed by atoms with Crippen molar-refractivity contribution in [1.29, 1.82) is 0 Å². The molecule has 33 heavy (non-hydrogen) atoms. The van der Waals surface area contributed by atoms with E-state index in [0.717, 1.165) is 28.5 Å². The van der Waals surface area contributed by atoms with Gasteiger partial charge in [-0.2, -0.15) is 0 Å². The largest absolute Gasteiger partial charge is 0.496 e. The van der Waals surface area contributed by atoms with Crippen molar-refractivity contribution in [3.63, 3.8) is 0 Å². The van der Waals surface area contributed by atoms with E-state index in [1.165, 1.54) is 0 Å². The van der Waals surface area contributed by atoms with Crippen LogP contribution >= 0.6 is 0 Å². The molecule has 1 heterocycles. The van der Waals surface area contributed by atoms with Gasteiger partial charge in [-0.25, -0.2) is 4.79 Å². The number of nitrogens with zero attached hydrogens (tertiary/aromatic N) is 1. The van der Waals surface area contributed by atoms with Crippen LogP contribution in [-0.4, -0.2) is 64.1 Å². The van der Waals surface area contributed by atoms with Crippen LogP contribution in [0.25, 0.3) is 0 Å². The molecule has 0 spiro atoms. The lowest BCUT2D eigenvalue weighted by Crippen LogP contribution is -2.20. The molecule has 1 unspecified atom stereocenters. The van der Waals surface area contributed by atoms with Crippen molar-refractivity contribution in [2.45, 2.75) is 46.6 Å². The molecule has 1 aromatic carbocycles. The van der Waals surface area contributed by atoms with Gasteiger partial charge in [-0.05, 0) is 46.3 Å². The fourth-order valence-electron chi connectivity index (χ4n) is 3.51. The fourth-order valence-corrected chi connectivity index (χ4v) is 3.51. The van der Waals surface area contributed by atoms with Crippen molar-refractivity contribution in [2.24, 2.45) is 5.92 Å². The Balaban J connectivity index is 2.22. The lowest BCUT2D eigenvalue weighted by molar-refractivity contribution is -0.143. The SMILES string of the molecule is COc1c(C)c2c(c(OCC(C)C=O)c1C/C=C(\C)CCC(=O)OCCN(C)C)C(=O)OC2. The second-order valence-corrected chi connectivity index (χ2v) is 8.60. The number of methoxy groups -OCH3 is 1. The molecule has 0 amide bonds. The van der Waals surface area contributed by atoms with Gasteiger partial charge < -0.3 is 28.6 Å². The van der Waals surface area contributed by atoms with Crippen LogP contribution in [0.3, 0.4) is 0 Å². The van der Waals surface area contributed by atoms with E-state index >= 15 is 0 Å². The summed E-state index contributed by atoms with van der Waals surface area (Å²) in [4.78, 5) is 37.5. The highest BCUT2D eigenvalue weighted by Gasteiger charge is 2.33. The van der Waals surface area contributed by atoms with Crippen molar-refractivity contribution >= 4 is 18.2 Å². The number of likely N-dealkylation sites (N-methyl/N-ethyl adjacent to an activating group) is 1. The van der Waals surface area contributed by atoms with Gasteiger partial charge in [0.15, 0.2) is 0 Å². The predicted molar refractivity (Wildman–Crippen MR) is 124 cm³/mol. The van der Waals surface area contributed by atoms with Gasteiger partial charge in [-0.15, -0.1) is 0 Å². The average Bonchev–Trinajstić information content (AvgIpc) is 3.17. The monoisotopic (exact) mass is 461 g/mol. The van der Waals surface area contributed by atoms with Crippen molar-refractivity contribution in [3.05, 3.63) is 33.9 Å². The number of aldehydes is 1. The number of ether oxygens (including phenoxy) is 4. The Morgan fingerprint density at radius 3 is 2.61 bits per heavy atom. The second-order valence-electron chi connectivity index (χ2n) is 8.60. The summed E-state index contributed by atoms with van der Waals surface area (Å²) in [5.41, 5.74) is 3.71. The Hall–Kier alpha value is -2.87. The summed E-state index contributed by atoms with van der Waals surface area (Å²) in [6.07, 6.45) is 4.10. The third-order valence-corrected chi connectivity index (χ3v) is 5.53. The van der Waals surface area contributed by atoms with Gasteiger partial charge in [0.2, 0.25) is 0 Å². The smallest absolute Gasteiger partial charge is 0.342 e. The van der Waals surface area contributed by atoms with Crippen LogP contribution in [0.1, 0.15) is 53.7 Å². The van der Waals surface area contributed by atoms with E-state index in [9.17, 15) is 14.4 Å². The zero-order chi connectivity index (χ0) is 24.5. The summed E-state index contributed by atoms with van der Waals surface area (Å²) in [7, 11) is 5.42. The molecule has 0 bridgehead atoms. The average molecular weight is 462 g/mol. The number of carbonyl (C=O) groups is 3. The second kappa shape index (κ2) is 12.4. The van der Waals surface area contributed by atoms with Crippen LogP contribution < -0.4 is 9.47 Å². The summed E-state index contributed by atoms with van der Waals surface area (Å²) in [6, 6.07) is 0. The Morgan fingerprint density at radius 1 is 1.24 bits per heavy atom. The summed E-state index contributed by atoms with van der Waals surface area (Å²) >= 11 is 0. The van der Waals surface area contributed by atoms with E-state index in [4.69, 9.17) is 18.9 Å². The number of allylic oxidation sites excluding steroid dienone is 2. The molecule has 8 nitrogen and oxygen atoms in total. The zero-order valence-electron chi connectivity index (χ0n) is 20.5. The Kier molecular flexibility index (Phi) is 9.91. The summed E-state index contributed by atoms with van der Waals surface area (Å²) in [5, 5.41) is 0. The third kappa shape index (κ3) is 7.05. The van der Waals surface area contributed by atoms with Gasteiger partial charge in [0.05, 0.1) is 13.7 Å². The van der Waals surface area contributed by atoms with E-state index in [0.29, 0.717) is 49.5 Å². The third-order valence-electron chi connectivity index (χ3n) is 5.53. The number of hydrogen-bond acceptors (Lipinski definition) is 8. The molecule has 0 fully saturated rings. The number of carbonyl (C=O) groups excluding carboxylic acids is 3. The number of rotatable bonds is 13. The molecule has 0 saturated heterocycles. The summed E-state index contributed by atoms with van der Waals surface area (Å²) in [5.74, 6) is 0.0369. The van der Waals surface area contributed by atoms with E-state index in [1.54, 1.807) is 14.0 Å². The minimum atomic E-state index is -0.438.